The summed E-state index contributed by atoms with van der Waals surface area (Å²) in [6.45, 7) is 24.9. The molecule has 0 aliphatic carbocycles. The summed E-state index contributed by atoms with van der Waals surface area (Å²) in [4.78, 5) is 27.4. The van der Waals surface area contributed by atoms with Gasteiger partial charge in [0.15, 0.2) is 0 Å². The highest BCUT2D eigenvalue weighted by atomic mass is 16.4. The molecule has 0 fully saturated rings. The molecule has 60 heavy (non-hydrogen) atoms. The topological polar surface area (TPSA) is 115 Å². The van der Waals surface area contributed by atoms with Crippen LogP contribution in [0.4, 0.5) is 0 Å². The van der Waals surface area contributed by atoms with E-state index in [-0.39, 0.29) is 22.6 Å². The first-order valence-corrected chi connectivity index (χ1v) is 21.6. The molecule has 0 aliphatic rings. The van der Waals surface area contributed by atoms with E-state index < -0.39 is 22.8 Å². The Labute approximate surface area is 358 Å². The lowest BCUT2D eigenvalue weighted by Gasteiger charge is -2.32. The molecule has 0 amide bonds. The second-order valence-electron chi connectivity index (χ2n) is 19.1. The second-order valence-corrected chi connectivity index (χ2v) is 19.1. The van der Waals surface area contributed by atoms with Crippen LogP contribution in [0.5, 0.6) is 11.5 Å². The predicted molar refractivity (Wildman–Crippen MR) is 247 cm³/mol. The van der Waals surface area contributed by atoms with Crippen LogP contribution >= 0.6 is 0 Å². The SMILES string of the molecule is CCCCc1cc(C)cc(Cc2cc(C)cc(C(C)(C)C)c2-c2c(C(=O)O)ccc(C(=O)O)c2-c2c(Cc3cc(C)cc(CCCC)c3O)cc(C)cc2C(C)(C)C)c1O. The highest BCUT2D eigenvalue weighted by Gasteiger charge is 2.34. The van der Waals surface area contributed by atoms with Gasteiger partial charge >= 0.3 is 11.9 Å². The number of phenolic OH excluding ortho intramolecular Hbond substituents is 2. The van der Waals surface area contributed by atoms with Crippen molar-refractivity contribution in [1.29, 1.82) is 0 Å². The third-order valence-electron chi connectivity index (χ3n) is 11.7. The number of carboxylic acid groups (broad SMARTS) is 2. The number of hydrogen-bond acceptors (Lipinski definition) is 4. The van der Waals surface area contributed by atoms with Crippen molar-refractivity contribution in [2.24, 2.45) is 0 Å². The highest BCUT2D eigenvalue weighted by molar-refractivity contribution is 6.10. The van der Waals surface area contributed by atoms with Crippen molar-refractivity contribution in [3.8, 4) is 33.8 Å². The Morgan fingerprint density at radius 2 is 0.767 bits per heavy atom. The van der Waals surface area contributed by atoms with Gasteiger partial charge in [0.1, 0.15) is 11.5 Å². The van der Waals surface area contributed by atoms with Gasteiger partial charge in [-0.05, 0) is 132 Å². The monoisotopic (exact) mass is 810 g/mol. The van der Waals surface area contributed by atoms with Gasteiger partial charge in [-0.3, -0.25) is 0 Å². The van der Waals surface area contributed by atoms with Crippen molar-refractivity contribution in [2.75, 3.05) is 0 Å². The van der Waals surface area contributed by atoms with Crippen LogP contribution in [-0.4, -0.2) is 32.4 Å². The zero-order valence-corrected chi connectivity index (χ0v) is 38.0. The molecule has 0 aliphatic heterocycles. The molecule has 0 spiro atoms. The van der Waals surface area contributed by atoms with E-state index in [1.54, 1.807) is 0 Å². The standard InChI is InChI=1S/C54H66O6/c1-13-15-17-35-21-31(3)25-39(49(35)55)29-37-23-33(5)27-43(53(7,8)9)45(37)47-41(51(57)58)19-20-42(52(59)60)48(47)46-38(24-34(6)28-44(46)54(10,11)12)30-40-26-32(4)22-36(50(40)56)18-16-14-2/h19-28,55-56H,13-18,29-30H2,1-12H3,(H,57,58)(H,59,60). The van der Waals surface area contributed by atoms with Gasteiger partial charge in [-0.1, -0.05) is 139 Å². The summed E-state index contributed by atoms with van der Waals surface area (Å²) < 4.78 is 0. The molecule has 5 aromatic rings. The molecular weight excluding hydrogens is 745 g/mol. The van der Waals surface area contributed by atoms with Crippen molar-refractivity contribution < 1.29 is 30.0 Å². The lowest BCUT2D eigenvalue weighted by atomic mass is 9.71. The third kappa shape index (κ3) is 9.81. The summed E-state index contributed by atoms with van der Waals surface area (Å²) in [6.07, 6.45) is 5.91. The number of aryl methyl sites for hydroxylation is 6. The predicted octanol–water partition coefficient (Wildman–Crippen LogP) is 13.5. The number of aromatic hydroxyl groups is 2. The van der Waals surface area contributed by atoms with Crippen LogP contribution in [0.25, 0.3) is 22.3 Å². The zero-order chi connectivity index (χ0) is 44.4. The minimum atomic E-state index is -1.17. The Hall–Kier alpha value is -5.36. The lowest BCUT2D eigenvalue weighted by molar-refractivity contribution is 0.0682. The zero-order valence-electron chi connectivity index (χ0n) is 38.0. The van der Waals surface area contributed by atoms with Gasteiger partial charge < -0.3 is 20.4 Å². The third-order valence-corrected chi connectivity index (χ3v) is 11.7. The highest BCUT2D eigenvalue weighted by Crippen LogP contribution is 2.49. The number of phenols is 2. The van der Waals surface area contributed by atoms with Gasteiger partial charge in [-0.2, -0.15) is 0 Å². The van der Waals surface area contributed by atoms with Gasteiger partial charge in [-0.15, -0.1) is 0 Å². The average Bonchev–Trinajstić information content (AvgIpc) is 3.14. The Morgan fingerprint density at radius 1 is 0.467 bits per heavy atom. The number of aromatic carboxylic acids is 2. The van der Waals surface area contributed by atoms with Crippen LogP contribution in [-0.2, 0) is 36.5 Å². The summed E-state index contributed by atoms with van der Waals surface area (Å²) in [5.41, 5.74) is 11.6. The number of rotatable bonds is 14. The van der Waals surface area contributed by atoms with Gasteiger partial charge in [0.05, 0.1) is 11.1 Å². The number of carbonyl (C=O) groups is 2. The van der Waals surface area contributed by atoms with E-state index in [4.69, 9.17) is 0 Å². The largest absolute Gasteiger partial charge is 0.507 e. The summed E-state index contributed by atoms with van der Waals surface area (Å²) in [6, 6.07) is 19.2. The van der Waals surface area contributed by atoms with E-state index in [9.17, 15) is 30.0 Å². The Morgan fingerprint density at radius 3 is 1.07 bits per heavy atom. The van der Waals surface area contributed by atoms with Crippen LogP contribution in [0.1, 0.15) is 169 Å². The maximum atomic E-state index is 13.7. The molecule has 5 rings (SSSR count). The fourth-order valence-corrected chi connectivity index (χ4v) is 8.92. The van der Waals surface area contributed by atoms with Crippen LogP contribution in [0.15, 0.2) is 60.7 Å². The fraction of sp³-hybridized carbons (Fsp3) is 0.407. The molecule has 0 saturated heterocycles. The van der Waals surface area contributed by atoms with E-state index in [0.717, 1.165) is 105 Å². The Balaban J connectivity index is 2.01. The van der Waals surface area contributed by atoms with Crippen LogP contribution < -0.4 is 0 Å². The Kier molecular flexibility index (Phi) is 13.8. The quantitative estimate of drug-likeness (QED) is 0.0888. The van der Waals surface area contributed by atoms with E-state index in [0.29, 0.717) is 35.1 Å². The first-order valence-electron chi connectivity index (χ1n) is 21.6. The molecule has 6 heteroatoms. The van der Waals surface area contributed by atoms with E-state index >= 15 is 0 Å². The van der Waals surface area contributed by atoms with Gasteiger partial charge in [-0.25, -0.2) is 9.59 Å². The molecule has 5 aromatic carbocycles. The molecule has 4 N–H and O–H groups in total. The number of hydrogen-bond donors (Lipinski definition) is 4. The molecular formula is C54H66O6. The smallest absolute Gasteiger partial charge is 0.336 e. The molecule has 0 saturated carbocycles. The molecule has 0 aromatic heterocycles. The van der Waals surface area contributed by atoms with E-state index in [1.807, 2.05) is 52.0 Å². The van der Waals surface area contributed by atoms with Crippen molar-refractivity contribution in [2.45, 2.75) is 145 Å². The van der Waals surface area contributed by atoms with Gasteiger partial charge in [0.25, 0.3) is 0 Å². The van der Waals surface area contributed by atoms with Crippen molar-refractivity contribution in [3.63, 3.8) is 0 Å². The lowest BCUT2D eigenvalue weighted by Crippen LogP contribution is -2.19. The van der Waals surface area contributed by atoms with Crippen molar-refractivity contribution in [3.05, 3.63) is 139 Å². The fourth-order valence-electron chi connectivity index (χ4n) is 8.92. The maximum absolute atomic E-state index is 13.7. The van der Waals surface area contributed by atoms with E-state index in [1.165, 1.54) is 12.1 Å². The van der Waals surface area contributed by atoms with Gasteiger partial charge in [0.2, 0.25) is 0 Å². The van der Waals surface area contributed by atoms with Crippen LogP contribution in [0.3, 0.4) is 0 Å². The Bertz CT molecular complexity index is 2270. The van der Waals surface area contributed by atoms with Gasteiger partial charge in [0, 0.05) is 24.0 Å². The summed E-state index contributed by atoms with van der Waals surface area (Å²) in [7, 11) is 0. The molecule has 0 bridgehead atoms. The molecule has 6 nitrogen and oxygen atoms in total. The first kappa shape index (κ1) is 45.7. The van der Waals surface area contributed by atoms with Crippen molar-refractivity contribution >= 4 is 11.9 Å². The normalized spacial score (nSPS) is 11.9. The minimum Gasteiger partial charge on any atom is -0.507 e. The average molecular weight is 811 g/mol. The minimum absolute atomic E-state index is 0.00524. The molecule has 0 heterocycles. The van der Waals surface area contributed by atoms with Crippen LogP contribution in [0, 0.1) is 27.7 Å². The summed E-state index contributed by atoms with van der Waals surface area (Å²) >= 11 is 0. The van der Waals surface area contributed by atoms with Crippen molar-refractivity contribution in [1.82, 2.24) is 0 Å². The molecule has 0 atom stereocenters. The molecule has 0 unspecified atom stereocenters. The summed E-state index contributed by atoms with van der Waals surface area (Å²) in [5, 5.41) is 46.0. The first-order chi connectivity index (χ1) is 28.1. The number of benzene rings is 5. The number of unbranched alkanes of at least 4 members (excludes halogenated alkanes) is 2. The number of carboxylic acids is 2. The van der Waals surface area contributed by atoms with E-state index in [2.05, 4.69) is 79.7 Å². The molecule has 0 radical (unpaired) electrons. The second kappa shape index (κ2) is 18.1. The van der Waals surface area contributed by atoms with Crippen LogP contribution in [0.2, 0.25) is 0 Å². The maximum Gasteiger partial charge on any atom is 0.336 e. The molecule has 318 valence electrons. The summed E-state index contributed by atoms with van der Waals surface area (Å²) in [5.74, 6) is -1.86.